The first-order valence-corrected chi connectivity index (χ1v) is 9.86. The number of esters is 1. The van der Waals surface area contributed by atoms with Gasteiger partial charge in [-0.2, -0.15) is 0 Å². The smallest absolute Gasteiger partial charge is 0.319 e. The Morgan fingerprint density at radius 1 is 0.852 bits per heavy atom. The van der Waals surface area contributed by atoms with Gasteiger partial charge in [-0.15, -0.1) is 0 Å². The Morgan fingerprint density at radius 2 is 1.33 bits per heavy atom. The van der Waals surface area contributed by atoms with Crippen molar-refractivity contribution < 1.29 is 9.53 Å². The molecule has 0 aliphatic rings. The molecule has 0 saturated carbocycles. The highest BCUT2D eigenvalue weighted by atomic mass is 79.9. The van der Waals surface area contributed by atoms with Crippen molar-refractivity contribution in [1.29, 1.82) is 0 Å². The van der Waals surface area contributed by atoms with Gasteiger partial charge in [0.25, 0.3) is 0 Å². The van der Waals surface area contributed by atoms with Gasteiger partial charge in [-0.3, -0.25) is 4.79 Å². The monoisotopic (exact) mass is 423 g/mol. The van der Waals surface area contributed by atoms with Gasteiger partial charge in [0.15, 0.2) is 0 Å². The van der Waals surface area contributed by atoms with Gasteiger partial charge in [0.05, 0.1) is 6.61 Å². The first-order valence-electron chi connectivity index (χ1n) is 8.95. The molecule has 1 unspecified atom stereocenters. The van der Waals surface area contributed by atoms with Crippen LogP contribution < -0.4 is 4.90 Å². The zero-order valence-corrected chi connectivity index (χ0v) is 16.8. The Kier molecular flexibility index (Phi) is 6.66. The van der Waals surface area contributed by atoms with Crippen LogP contribution in [0.4, 0.5) is 17.1 Å². The third kappa shape index (κ3) is 5.20. The molecule has 0 spiro atoms. The van der Waals surface area contributed by atoms with E-state index in [9.17, 15) is 4.79 Å². The van der Waals surface area contributed by atoms with Crippen LogP contribution in [0.25, 0.3) is 0 Å². The zero-order chi connectivity index (χ0) is 19.1. The second-order valence-corrected chi connectivity index (χ2v) is 7.58. The summed E-state index contributed by atoms with van der Waals surface area (Å²) in [4.78, 5) is 13.5. The molecule has 3 aromatic carbocycles. The van der Waals surface area contributed by atoms with E-state index in [1.807, 2.05) is 36.4 Å². The van der Waals surface area contributed by atoms with Crippen molar-refractivity contribution in [3.8, 4) is 0 Å². The third-order valence-corrected chi connectivity index (χ3v) is 4.56. The van der Waals surface area contributed by atoms with Crippen molar-refractivity contribution in [2.24, 2.45) is 0 Å². The molecule has 0 saturated heterocycles. The van der Waals surface area contributed by atoms with E-state index in [0.29, 0.717) is 13.0 Å². The molecule has 0 heterocycles. The maximum Gasteiger partial charge on any atom is 0.319 e. The second-order valence-electron chi connectivity index (χ2n) is 6.21. The van der Waals surface area contributed by atoms with Gasteiger partial charge in [-0.25, -0.2) is 0 Å². The zero-order valence-electron chi connectivity index (χ0n) is 15.2. The molecular formula is C23H22BrNO2. The first-order chi connectivity index (χ1) is 13.1. The Bertz CT molecular complexity index is 809. The SMILES string of the molecule is CC(Br)C(=O)OCCc1ccc(N(c2ccccc2)c2ccccc2)cc1. The van der Waals surface area contributed by atoms with Gasteiger partial charge in [0.1, 0.15) is 4.83 Å². The third-order valence-electron chi connectivity index (χ3n) is 4.18. The Morgan fingerprint density at radius 3 is 1.81 bits per heavy atom. The number of hydrogen-bond donors (Lipinski definition) is 0. The van der Waals surface area contributed by atoms with Crippen LogP contribution in [0, 0.1) is 0 Å². The largest absolute Gasteiger partial charge is 0.465 e. The number of halogens is 1. The summed E-state index contributed by atoms with van der Waals surface area (Å²) in [5.74, 6) is -0.231. The summed E-state index contributed by atoms with van der Waals surface area (Å²) >= 11 is 3.22. The summed E-state index contributed by atoms with van der Waals surface area (Å²) in [6, 6.07) is 29.0. The lowest BCUT2D eigenvalue weighted by atomic mass is 10.1. The van der Waals surface area contributed by atoms with Crippen LogP contribution in [0.2, 0.25) is 0 Å². The highest BCUT2D eigenvalue weighted by molar-refractivity contribution is 9.10. The quantitative estimate of drug-likeness (QED) is 0.343. The molecule has 27 heavy (non-hydrogen) atoms. The summed E-state index contributed by atoms with van der Waals surface area (Å²) in [7, 11) is 0. The van der Waals surface area contributed by atoms with Gasteiger partial charge in [0, 0.05) is 23.5 Å². The van der Waals surface area contributed by atoms with Crippen molar-refractivity contribution in [2.45, 2.75) is 18.2 Å². The summed E-state index contributed by atoms with van der Waals surface area (Å²) in [6.45, 7) is 2.15. The molecule has 4 heteroatoms. The van der Waals surface area contributed by atoms with Crippen molar-refractivity contribution >= 4 is 39.0 Å². The Hall–Kier alpha value is -2.59. The van der Waals surface area contributed by atoms with E-state index in [1.54, 1.807) is 6.92 Å². The van der Waals surface area contributed by atoms with Crippen LogP contribution in [0.5, 0.6) is 0 Å². The number of carbonyl (C=O) groups is 1. The lowest BCUT2D eigenvalue weighted by Gasteiger charge is -2.25. The molecule has 0 bridgehead atoms. The molecule has 0 amide bonds. The number of benzene rings is 3. The van der Waals surface area contributed by atoms with E-state index in [1.165, 1.54) is 0 Å². The van der Waals surface area contributed by atoms with Crippen LogP contribution in [0.1, 0.15) is 12.5 Å². The van der Waals surface area contributed by atoms with E-state index in [-0.39, 0.29) is 10.8 Å². The lowest BCUT2D eigenvalue weighted by Crippen LogP contribution is -2.15. The fourth-order valence-electron chi connectivity index (χ4n) is 2.80. The summed E-state index contributed by atoms with van der Waals surface area (Å²) < 4.78 is 5.23. The van der Waals surface area contributed by atoms with E-state index in [0.717, 1.165) is 22.6 Å². The Labute approximate surface area is 168 Å². The molecule has 0 fully saturated rings. The number of para-hydroxylation sites is 2. The number of nitrogens with zero attached hydrogens (tertiary/aromatic N) is 1. The number of alkyl halides is 1. The molecule has 0 aromatic heterocycles. The van der Waals surface area contributed by atoms with Gasteiger partial charge in [-0.05, 0) is 48.9 Å². The van der Waals surface area contributed by atoms with Crippen molar-refractivity contribution in [2.75, 3.05) is 11.5 Å². The molecule has 0 aliphatic carbocycles. The summed E-state index contributed by atoms with van der Waals surface area (Å²) in [5, 5.41) is 0. The summed E-state index contributed by atoms with van der Waals surface area (Å²) in [6.07, 6.45) is 0.697. The van der Waals surface area contributed by atoms with Gasteiger partial charge in [-0.1, -0.05) is 64.5 Å². The van der Waals surface area contributed by atoms with Crippen LogP contribution >= 0.6 is 15.9 Å². The molecule has 1 atom stereocenters. The minimum atomic E-state index is -0.273. The number of ether oxygens (including phenoxy) is 1. The number of rotatable bonds is 7. The summed E-state index contributed by atoms with van der Waals surface area (Å²) in [5.41, 5.74) is 4.44. The van der Waals surface area contributed by atoms with Crippen LogP contribution in [0.15, 0.2) is 84.9 Å². The predicted molar refractivity (Wildman–Crippen MR) is 114 cm³/mol. The maximum absolute atomic E-state index is 11.5. The van der Waals surface area contributed by atoms with Crippen LogP contribution in [-0.2, 0) is 16.0 Å². The minimum absolute atomic E-state index is 0.231. The van der Waals surface area contributed by atoms with Crippen molar-refractivity contribution in [1.82, 2.24) is 0 Å². The molecule has 0 aliphatic heterocycles. The van der Waals surface area contributed by atoms with Gasteiger partial charge >= 0.3 is 5.97 Å². The van der Waals surface area contributed by atoms with Crippen LogP contribution in [-0.4, -0.2) is 17.4 Å². The number of hydrogen-bond acceptors (Lipinski definition) is 3. The van der Waals surface area contributed by atoms with Crippen LogP contribution in [0.3, 0.4) is 0 Å². The highest BCUT2D eigenvalue weighted by Gasteiger charge is 2.12. The van der Waals surface area contributed by atoms with E-state index in [4.69, 9.17) is 4.74 Å². The standard InChI is InChI=1S/C23H22BrNO2/c1-18(24)23(26)27-17-16-19-12-14-22(15-13-19)25(20-8-4-2-5-9-20)21-10-6-3-7-11-21/h2-15,18H,16-17H2,1H3. The molecule has 3 nitrogen and oxygen atoms in total. The second kappa shape index (κ2) is 9.38. The molecule has 3 aromatic rings. The average Bonchev–Trinajstić information content (AvgIpc) is 2.71. The van der Waals surface area contributed by atoms with E-state index < -0.39 is 0 Å². The average molecular weight is 424 g/mol. The molecule has 3 rings (SSSR count). The van der Waals surface area contributed by atoms with Gasteiger partial charge < -0.3 is 9.64 Å². The van der Waals surface area contributed by atoms with E-state index >= 15 is 0 Å². The topological polar surface area (TPSA) is 29.5 Å². The number of carbonyl (C=O) groups excluding carboxylic acids is 1. The normalized spacial score (nSPS) is 11.6. The van der Waals surface area contributed by atoms with Gasteiger partial charge in [0.2, 0.25) is 0 Å². The molecular weight excluding hydrogens is 402 g/mol. The first kappa shape index (κ1) is 19.2. The fraction of sp³-hybridized carbons (Fsp3) is 0.174. The fourth-order valence-corrected chi connectivity index (χ4v) is 2.93. The highest BCUT2D eigenvalue weighted by Crippen LogP contribution is 2.34. The van der Waals surface area contributed by atoms with Crippen molar-refractivity contribution in [3.05, 3.63) is 90.5 Å². The Balaban J connectivity index is 1.77. The maximum atomic E-state index is 11.5. The molecule has 0 N–H and O–H groups in total. The minimum Gasteiger partial charge on any atom is -0.465 e. The lowest BCUT2D eigenvalue weighted by molar-refractivity contribution is -0.142. The van der Waals surface area contributed by atoms with E-state index in [2.05, 4.69) is 69.4 Å². The molecule has 0 radical (unpaired) electrons. The molecule has 138 valence electrons. The predicted octanol–water partition coefficient (Wildman–Crippen LogP) is 6.03. The van der Waals surface area contributed by atoms with Crippen molar-refractivity contribution in [3.63, 3.8) is 0 Å². The number of anilines is 3.